The highest BCUT2D eigenvalue weighted by molar-refractivity contribution is 5.96. The highest BCUT2D eigenvalue weighted by atomic mass is 16.5. The Bertz CT molecular complexity index is 1190. The lowest BCUT2D eigenvalue weighted by atomic mass is 10.0. The molecule has 152 valence electrons. The number of aromatic nitrogens is 3. The number of carbonyl (C=O) groups excluding carboxylic acids is 1. The van der Waals surface area contributed by atoms with Crippen LogP contribution in [0.2, 0.25) is 0 Å². The minimum atomic E-state index is -1.11. The van der Waals surface area contributed by atoms with Gasteiger partial charge in [0.05, 0.1) is 12.8 Å². The molecular weight excluding hydrogens is 384 g/mol. The summed E-state index contributed by atoms with van der Waals surface area (Å²) in [5, 5.41) is 19.9. The Balaban J connectivity index is 1.49. The van der Waals surface area contributed by atoms with Crippen molar-refractivity contribution in [3.63, 3.8) is 0 Å². The van der Waals surface area contributed by atoms with Crippen LogP contribution in [0, 0.1) is 0 Å². The lowest BCUT2D eigenvalue weighted by Crippen LogP contribution is -2.42. The van der Waals surface area contributed by atoms with Gasteiger partial charge in [0, 0.05) is 29.1 Å². The molecule has 0 aliphatic carbocycles. The number of aliphatic carboxylic acids is 1. The Hall–Kier alpha value is -4.07. The normalized spacial score (nSPS) is 11.9. The molecule has 0 radical (unpaired) electrons. The zero-order valence-corrected chi connectivity index (χ0v) is 16.2. The number of methoxy groups -OCH3 is 1. The summed E-state index contributed by atoms with van der Waals surface area (Å²) in [6.07, 6.45) is 1.93. The Morgan fingerprint density at radius 1 is 1.17 bits per heavy atom. The van der Waals surface area contributed by atoms with Gasteiger partial charge in [-0.15, -0.1) is 0 Å². The summed E-state index contributed by atoms with van der Waals surface area (Å²) in [4.78, 5) is 27.5. The number of benzene rings is 2. The third kappa shape index (κ3) is 3.88. The van der Waals surface area contributed by atoms with Crippen molar-refractivity contribution in [1.82, 2.24) is 20.5 Å². The lowest BCUT2D eigenvalue weighted by molar-refractivity contribution is -0.139. The van der Waals surface area contributed by atoms with Crippen LogP contribution in [0.4, 0.5) is 0 Å². The summed E-state index contributed by atoms with van der Waals surface area (Å²) in [6, 6.07) is 15.4. The number of rotatable bonds is 7. The molecule has 0 unspecified atom stereocenters. The molecule has 4 aromatic rings. The molecule has 0 aliphatic heterocycles. The summed E-state index contributed by atoms with van der Waals surface area (Å²) in [5.41, 5.74) is 3.31. The Morgan fingerprint density at radius 3 is 2.67 bits per heavy atom. The van der Waals surface area contributed by atoms with E-state index >= 15 is 0 Å². The largest absolute Gasteiger partial charge is 0.497 e. The molecule has 4 rings (SSSR count). The number of nitrogens with zero attached hydrogens (tertiary/aromatic N) is 1. The van der Waals surface area contributed by atoms with Gasteiger partial charge in [-0.25, -0.2) is 4.79 Å². The zero-order valence-electron chi connectivity index (χ0n) is 16.2. The fraction of sp³-hybridized carbons (Fsp3) is 0.136. The fourth-order valence-electron chi connectivity index (χ4n) is 3.30. The fourth-order valence-corrected chi connectivity index (χ4v) is 3.30. The maximum Gasteiger partial charge on any atom is 0.326 e. The van der Waals surface area contributed by atoms with E-state index in [2.05, 4.69) is 20.5 Å². The van der Waals surface area contributed by atoms with Crippen molar-refractivity contribution < 1.29 is 19.4 Å². The van der Waals surface area contributed by atoms with E-state index in [1.165, 1.54) is 0 Å². The molecule has 0 saturated heterocycles. The molecule has 30 heavy (non-hydrogen) atoms. The van der Waals surface area contributed by atoms with Crippen molar-refractivity contribution in [3.8, 4) is 17.0 Å². The first-order valence-corrected chi connectivity index (χ1v) is 9.33. The molecule has 8 nitrogen and oxygen atoms in total. The molecule has 0 saturated carbocycles. The molecule has 1 amide bonds. The molecule has 0 spiro atoms. The average Bonchev–Trinajstić information content (AvgIpc) is 3.41. The highest BCUT2D eigenvalue weighted by Gasteiger charge is 2.23. The second kappa shape index (κ2) is 8.12. The first-order valence-electron chi connectivity index (χ1n) is 9.33. The summed E-state index contributed by atoms with van der Waals surface area (Å²) in [7, 11) is 1.58. The van der Waals surface area contributed by atoms with Crippen LogP contribution in [-0.2, 0) is 11.2 Å². The lowest BCUT2D eigenvalue weighted by Gasteiger charge is -2.13. The molecule has 0 bridgehead atoms. The molecule has 8 heteroatoms. The number of para-hydroxylation sites is 1. The van der Waals surface area contributed by atoms with Gasteiger partial charge in [0.2, 0.25) is 0 Å². The van der Waals surface area contributed by atoms with Crippen LogP contribution in [0.25, 0.3) is 22.2 Å². The number of amides is 1. The molecule has 2 heterocycles. The summed E-state index contributed by atoms with van der Waals surface area (Å²) in [6.45, 7) is 0. The first kappa shape index (κ1) is 19.3. The van der Waals surface area contributed by atoms with Gasteiger partial charge in [-0.2, -0.15) is 5.10 Å². The van der Waals surface area contributed by atoms with Crippen LogP contribution in [0.15, 0.2) is 60.8 Å². The minimum Gasteiger partial charge on any atom is -0.497 e. The molecule has 2 aromatic heterocycles. The van der Waals surface area contributed by atoms with Crippen LogP contribution in [0.3, 0.4) is 0 Å². The van der Waals surface area contributed by atoms with Crippen molar-refractivity contribution in [1.29, 1.82) is 0 Å². The smallest absolute Gasteiger partial charge is 0.326 e. The number of fused-ring (bicyclic) bond motifs is 1. The predicted molar refractivity (Wildman–Crippen MR) is 111 cm³/mol. The number of nitrogens with one attached hydrogen (secondary N) is 3. The van der Waals surface area contributed by atoms with E-state index in [0.717, 1.165) is 22.0 Å². The quantitative estimate of drug-likeness (QED) is 0.377. The van der Waals surface area contributed by atoms with Crippen molar-refractivity contribution in [2.45, 2.75) is 12.5 Å². The Labute approximate surface area is 171 Å². The van der Waals surface area contributed by atoms with Crippen LogP contribution in [0.1, 0.15) is 16.1 Å². The molecule has 0 aliphatic rings. The van der Waals surface area contributed by atoms with E-state index in [1.54, 1.807) is 31.5 Å². The second-order valence-electron chi connectivity index (χ2n) is 6.82. The monoisotopic (exact) mass is 404 g/mol. The zero-order chi connectivity index (χ0) is 21.1. The minimum absolute atomic E-state index is 0.157. The van der Waals surface area contributed by atoms with Crippen molar-refractivity contribution in [2.75, 3.05) is 7.11 Å². The molecule has 2 aromatic carbocycles. The third-order valence-electron chi connectivity index (χ3n) is 4.91. The van der Waals surface area contributed by atoms with Crippen molar-refractivity contribution in [2.24, 2.45) is 0 Å². The van der Waals surface area contributed by atoms with Crippen LogP contribution in [-0.4, -0.2) is 45.3 Å². The van der Waals surface area contributed by atoms with E-state index < -0.39 is 17.9 Å². The van der Waals surface area contributed by atoms with Gasteiger partial charge in [0.1, 0.15) is 17.5 Å². The number of carboxylic acids is 1. The van der Waals surface area contributed by atoms with Gasteiger partial charge in [-0.3, -0.25) is 9.89 Å². The second-order valence-corrected chi connectivity index (χ2v) is 6.82. The number of H-pyrrole nitrogens is 2. The number of hydrogen-bond acceptors (Lipinski definition) is 4. The van der Waals surface area contributed by atoms with Gasteiger partial charge >= 0.3 is 5.97 Å². The topological polar surface area (TPSA) is 120 Å². The number of carbonyl (C=O) groups is 2. The Kier molecular flexibility index (Phi) is 5.21. The summed E-state index contributed by atoms with van der Waals surface area (Å²) in [5.74, 6) is -0.924. The number of ether oxygens (including phenoxy) is 1. The first-order chi connectivity index (χ1) is 14.5. The SMILES string of the molecule is COc1ccc(-c2cc(C(=O)N[C@@H](Cc3c[nH]c4ccccc34)C(=O)O)[nH]n2)cc1. The van der Waals surface area contributed by atoms with E-state index in [-0.39, 0.29) is 12.1 Å². The molecule has 1 atom stereocenters. The standard InChI is InChI=1S/C22H20N4O4/c1-30-15-8-6-13(7-9-15)18-11-19(26-25-18)21(27)24-20(22(28)29)10-14-12-23-17-5-3-2-4-16(14)17/h2-9,11-12,20,23H,10H2,1H3,(H,24,27)(H,25,26)(H,28,29)/t20-/m0/s1. The van der Waals surface area contributed by atoms with E-state index in [4.69, 9.17) is 4.74 Å². The van der Waals surface area contributed by atoms with Gasteiger partial charge in [0.15, 0.2) is 0 Å². The maximum atomic E-state index is 12.6. The number of hydrogen-bond donors (Lipinski definition) is 4. The van der Waals surface area contributed by atoms with Crippen LogP contribution in [0.5, 0.6) is 5.75 Å². The van der Waals surface area contributed by atoms with Gasteiger partial charge in [0.25, 0.3) is 5.91 Å². The Morgan fingerprint density at radius 2 is 1.93 bits per heavy atom. The number of aromatic amines is 2. The third-order valence-corrected chi connectivity index (χ3v) is 4.91. The van der Waals surface area contributed by atoms with Crippen molar-refractivity contribution in [3.05, 3.63) is 72.1 Å². The van der Waals surface area contributed by atoms with Gasteiger partial charge in [-0.1, -0.05) is 18.2 Å². The van der Waals surface area contributed by atoms with Crippen molar-refractivity contribution >= 4 is 22.8 Å². The van der Waals surface area contributed by atoms with Crippen LogP contribution >= 0.6 is 0 Å². The molecular formula is C22H20N4O4. The molecule has 0 fully saturated rings. The molecule has 4 N–H and O–H groups in total. The van der Waals surface area contributed by atoms with E-state index in [0.29, 0.717) is 11.4 Å². The highest BCUT2D eigenvalue weighted by Crippen LogP contribution is 2.22. The maximum absolute atomic E-state index is 12.6. The predicted octanol–water partition coefficient (Wildman–Crippen LogP) is 2.99. The van der Waals surface area contributed by atoms with Gasteiger partial charge in [-0.05, 0) is 42.0 Å². The number of carboxylic acid groups (broad SMARTS) is 1. The van der Waals surface area contributed by atoms with E-state index in [1.807, 2.05) is 36.4 Å². The average molecular weight is 404 g/mol. The van der Waals surface area contributed by atoms with E-state index in [9.17, 15) is 14.7 Å². The van der Waals surface area contributed by atoms with Crippen LogP contribution < -0.4 is 10.1 Å². The summed E-state index contributed by atoms with van der Waals surface area (Å²) >= 11 is 0. The summed E-state index contributed by atoms with van der Waals surface area (Å²) < 4.78 is 5.13. The van der Waals surface area contributed by atoms with Gasteiger partial charge < -0.3 is 20.1 Å².